The predicted molar refractivity (Wildman–Crippen MR) is 173 cm³/mol. The van der Waals surface area contributed by atoms with Crippen molar-refractivity contribution in [3.8, 4) is 23.3 Å². The van der Waals surface area contributed by atoms with Crippen LogP contribution in [0.4, 0.5) is 16.4 Å². The summed E-state index contributed by atoms with van der Waals surface area (Å²) in [5.41, 5.74) is -0.998. The number of nitriles is 1. The summed E-state index contributed by atoms with van der Waals surface area (Å²) >= 11 is 0. The van der Waals surface area contributed by atoms with Crippen LogP contribution in [0.2, 0.25) is 0 Å². The number of sulfonamides is 1. The lowest BCUT2D eigenvalue weighted by Gasteiger charge is -2.54. The van der Waals surface area contributed by atoms with E-state index >= 15 is 13.2 Å². The van der Waals surface area contributed by atoms with E-state index < -0.39 is 54.9 Å². The third-order valence-corrected chi connectivity index (χ3v) is 11.2. The van der Waals surface area contributed by atoms with Crippen molar-refractivity contribution in [1.82, 2.24) is 9.97 Å². The molecule has 4 unspecified atom stereocenters. The number of aromatic nitrogens is 2. The molecule has 0 spiro atoms. The molecule has 4 aromatic rings. The summed E-state index contributed by atoms with van der Waals surface area (Å²) in [6.07, 6.45) is 0.570. The van der Waals surface area contributed by atoms with Crippen LogP contribution in [0.25, 0.3) is 0 Å². The van der Waals surface area contributed by atoms with Crippen molar-refractivity contribution in [1.29, 1.82) is 5.26 Å². The first-order valence-corrected chi connectivity index (χ1v) is 16.7. The minimum atomic E-state index is -5.33. The van der Waals surface area contributed by atoms with Gasteiger partial charge in [0.15, 0.2) is 16.5 Å². The number of quaternary nitrogens is 1. The highest BCUT2D eigenvalue weighted by atomic mass is 32.2. The fourth-order valence-electron chi connectivity index (χ4n) is 6.93. The number of benzene rings is 3. The molecule has 14 nitrogen and oxygen atoms in total. The summed E-state index contributed by atoms with van der Waals surface area (Å²) in [6.45, 7) is 0.836. The van der Waals surface area contributed by atoms with Gasteiger partial charge in [0.1, 0.15) is 23.8 Å². The number of fused-ring (bicyclic) bond motifs is 1. The van der Waals surface area contributed by atoms with Gasteiger partial charge < -0.3 is 29.4 Å². The van der Waals surface area contributed by atoms with Gasteiger partial charge in [0.25, 0.3) is 6.09 Å². The number of rotatable bonds is 9. The Labute approximate surface area is 282 Å². The second kappa shape index (κ2) is 12.7. The molecule has 2 amide bonds. The van der Waals surface area contributed by atoms with Crippen LogP contribution in [-0.2, 0) is 20.4 Å². The van der Waals surface area contributed by atoms with E-state index in [9.17, 15) is 15.2 Å². The number of imide groups is 1. The van der Waals surface area contributed by atoms with Crippen LogP contribution in [0.5, 0.6) is 17.2 Å². The van der Waals surface area contributed by atoms with E-state index in [0.717, 1.165) is 6.07 Å². The van der Waals surface area contributed by atoms with Gasteiger partial charge >= 0.3 is 15.9 Å². The zero-order valence-corrected chi connectivity index (χ0v) is 27.6. The molecular weight excluding hydrogens is 652 g/mol. The Morgan fingerprint density at radius 2 is 1.78 bits per heavy atom. The van der Waals surface area contributed by atoms with E-state index in [1.807, 2.05) is 0 Å². The molecule has 1 N–H and O–H groups in total. The summed E-state index contributed by atoms with van der Waals surface area (Å²) in [5, 5.41) is 27.8. The van der Waals surface area contributed by atoms with Crippen molar-refractivity contribution in [2.24, 2.45) is 0 Å². The molecule has 6 rings (SSSR count). The zero-order chi connectivity index (χ0) is 35.0. The van der Waals surface area contributed by atoms with Crippen molar-refractivity contribution < 1.29 is 41.2 Å². The molecule has 1 aromatic heterocycles. The molecule has 1 fully saturated rings. The number of methoxy groups -OCH3 is 2. The predicted octanol–water partition coefficient (Wildman–Crippen LogP) is 2.79. The maximum atomic E-state index is 16.0. The zero-order valence-electron chi connectivity index (χ0n) is 26.8. The topological polar surface area (TPSA) is 184 Å². The summed E-state index contributed by atoms with van der Waals surface area (Å²) in [6, 6.07) is 19.2. The first-order valence-electron chi connectivity index (χ1n) is 15.3. The SMILES string of the molecule is CCOc1ccccc1C1(C2CNc3ccccc32)C(=O)[N+](C(=O)[O-])(S(=O)(=O)c2ccc(OC)cc2OC)CC(C#N)N1c1ncccn1. The van der Waals surface area contributed by atoms with Gasteiger partial charge in [-0.1, -0.05) is 40.3 Å². The Morgan fingerprint density at radius 3 is 2.45 bits per heavy atom. The molecule has 49 heavy (non-hydrogen) atoms. The van der Waals surface area contributed by atoms with E-state index in [1.54, 1.807) is 61.5 Å². The number of hydrogen-bond acceptors (Lipinski definition) is 13. The smallest absolute Gasteiger partial charge is 0.366 e. The van der Waals surface area contributed by atoms with Crippen LogP contribution in [0.3, 0.4) is 0 Å². The number of hydrogen-bond donors (Lipinski definition) is 1. The maximum absolute atomic E-state index is 16.0. The van der Waals surface area contributed by atoms with Gasteiger partial charge in [-0.2, -0.15) is 13.7 Å². The number of nitrogens with zero attached hydrogens (tertiary/aromatic N) is 5. The molecule has 2 aliphatic heterocycles. The first kappa shape index (κ1) is 33.2. The molecular formula is C34H32N6O8S. The normalized spacial score (nSPS) is 23.1. The molecule has 0 bridgehead atoms. The molecule has 1 saturated heterocycles. The molecule has 3 aromatic carbocycles. The number of carbonyl (C=O) groups excluding carboxylic acids is 2. The number of anilines is 2. The fraction of sp³-hybridized carbons (Fsp3) is 0.265. The second-order valence-electron chi connectivity index (χ2n) is 11.3. The molecule has 0 aliphatic carbocycles. The van der Waals surface area contributed by atoms with Gasteiger partial charge in [-0.05, 0) is 42.8 Å². The molecule has 15 heteroatoms. The first-order chi connectivity index (χ1) is 23.6. The van der Waals surface area contributed by atoms with E-state index in [2.05, 4.69) is 21.4 Å². The number of para-hydroxylation sites is 2. The minimum Gasteiger partial charge on any atom is -0.497 e. The largest absolute Gasteiger partial charge is 0.497 e. The summed E-state index contributed by atoms with van der Waals surface area (Å²) in [5.74, 6) is -2.34. The Balaban J connectivity index is 1.79. The van der Waals surface area contributed by atoms with Crippen molar-refractivity contribution in [3.63, 3.8) is 0 Å². The third kappa shape index (κ3) is 4.82. The van der Waals surface area contributed by atoms with Crippen LogP contribution >= 0.6 is 0 Å². The third-order valence-electron chi connectivity index (χ3n) is 8.98. The van der Waals surface area contributed by atoms with E-state index in [-0.39, 0.29) is 41.9 Å². The van der Waals surface area contributed by atoms with Crippen molar-refractivity contribution in [3.05, 3.63) is 96.3 Å². The second-order valence-corrected chi connectivity index (χ2v) is 13.3. The minimum absolute atomic E-state index is 0.0337. The number of carbonyl (C=O) groups is 2. The van der Waals surface area contributed by atoms with Gasteiger partial charge in [-0.25, -0.2) is 14.8 Å². The summed E-state index contributed by atoms with van der Waals surface area (Å²) in [7, 11) is -2.77. The molecule has 2 aliphatic rings. The van der Waals surface area contributed by atoms with Gasteiger partial charge in [0.2, 0.25) is 5.95 Å². The average molecular weight is 685 g/mol. The van der Waals surface area contributed by atoms with Crippen LogP contribution in [0.15, 0.2) is 90.1 Å². The summed E-state index contributed by atoms with van der Waals surface area (Å²) < 4.78 is 44.4. The van der Waals surface area contributed by atoms with Gasteiger partial charge in [0, 0.05) is 42.2 Å². The van der Waals surface area contributed by atoms with Crippen LogP contribution < -0.4 is 29.5 Å². The van der Waals surface area contributed by atoms with Crippen LogP contribution in [-0.4, -0.2) is 74.2 Å². The lowest BCUT2D eigenvalue weighted by Crippen LogP contribution is -2.81. The average Bonchev–Trinajstić information content (AvgIpc) is 3.56. The van der Waals surface area contributed by atoms with E-state index in [1.165, 1.54) is 43.6 Å². The van der Waals surface area contributed by atoms with Gasteiger partial charge in [0.05, 0.1) is 26.9 Å². The molecule has 4 atom stereocenters. The molecule has 0 saturated carbocycles. The molecule has 3 heterocycles. The Bertz CT molecular complexity index is 2070. The number of nitrogens with one attached hydrogen (secondary N) is 1. The van der Waals surface area contributed by atoms with Crippen molar-refractivity contribution in [2.75, 3.05) is 44.1 Å². The standard InChI is InChI=1S/C34H32N6O8S/c1-4-48-28-13-8-6-11-25(28)34(26-20-38-27-12-7-5-10-24(26)27)31(41)40(33(42)43,21-22(19-35)39(34)32-36-16-9-17-37-32)49(44,45)30-15-14-23(46-2)18-29(30)47-3/h5-18,22,26,38H,4,20-21H2,1-3H3. The number of carboxylic acid groups (broad SMARTS) is 1. The molecule has 0 radical (unpaired) electrons. The molecule has 252 valence electrons. The van der Waals surface area contributed by atoms with Gasteiger partial charge in [-0.3, -0.25) is 4.90 Å². The Morgan fingerprint density at radius 1 is 1.06 bits per heavy atom. The lowest BCUT2D eigenvalue weighted by atomic mass is 9.70. The van der Waals surface area contributed by atoms with Crippen molar-refractivity contribution >= 4 is 33.7 Å². The number of amides is 2. The highest BCUT2D eigenvalue weighted by Gasteiger charge is 2.73. The van der Waals surface area contributed by atoms with Crippen LogP contribution in [0.1, 0.15) is 24.0 Å². The Kier molecular flexibility index (Phi) is 8.61. The van der Waals surface area contributed by atoms with Gasteiger partial charge in [-0.15, -0.1) is 0 Å². The monoisotopic (exact) mass is 684 g/mol. The van der Waals surface area contributed by atoms with Crippen molar-refractivity contribution in [2.45, 2.75) is 29.3 Å². The fourth-order valence-corrected chi connectivity index (χ4v) is 8.79. The quantitative estimate of drug-likeness (QED) is 0.254. The lowest BCUT2D eigenvalue weighted by molar-refractivity contribution is -0.693. The highest BCUT2D eigenvalue weighted by Crippen LogP contribution is 2.56. The summed E-state index contributed by atoms with van der Waals surface area (Å²) in [4.78, 5) is 39.2. The maximum Gasteiger partial charge on any atom is 0.366 e. The van der Waals surface area contributed by atoms with E-state index in [4.69, 9.17) is 14.2 Å². The number of ether oxygens (including phenoxy) is 3. The number of piperazine rings is 1. The highest BCUT2D eigenvalue weighted by molar-refractivity contribution is 7.86. The van der Waals surface area contributed by atoms with Crippen LogP contribution in [0, 0.1) is 11.3 Å². The van der Waals surface area contributed by atoms with E-state index in [0.29, 0.717) is 11.3 Å². The Hall–Kier alpha value is -5.72.